The molecule has 0 radical (unpaired) electrons. The first-order valence-corrected chi connectivity index (χ1v) is 8.59. The van der Waals surface area contributed by atoms with E-state index in [1.807, 2.05) is 25.1 Å². The van der Waals surface area contributed by atoms with E-state index in [4.69, 9.17) is 4.42 Å². The molecule has 1 fully saturated rings. The van der Waals surface area contributed by atoms with Crippen molar-refractivity contribution in [1.82, 2.24) is 15.1 Å². The Balaban J connectivity index is 1.88. The van der Waals surface area contributed by atoms with E-state index in [0.717, 1.165) is 37.0 Å². The van der Waals surface area contributed by atoms with E-state index in [-0.39, 0.29) is 11.9 Å². The number of nitrogens with zero attached hydrogens (tertiary/aromatic N) is 2. The first kappa shape index (κ1) is 18.0. The van der Waals surface area contributed by atoms with Crippen molar-refractivity contribution in [2.45, 2.75) is 39.8 Å². The molecule has 1 aliphatic rings. The lowest BCUT2D eigenvalue weighted by molar-refractivity contribution is 0.0876. The molecule has 2 rings (SSSR count). The van der Waals surface area contributed by atoms with Gasteiger partial charge in [0.15, 0.2) is 5.76 Å². The van der Waals surface area contributed by atoms with Gasteiger partial charge in [-0.3, -0.25) is 4.79 Å². The number of amides is 1. The van der Waals surface area contributed by atoms with Crippen molar-refractivity contribution in [2.24, 2.45) is 11.8 Å². The van der Waals surface area contributed by atoms with Gasteiger partial charge in [-0.1, -0.05) is 13.8 Å². The fourth-order valence-electron chi connectivity index (χ4n) is 3.66. The van der Waals surface area contributed by atoms with E-state index in [9.17, 15) is 4.79 Å². The molecule has 23 heavy (non-hydrogen) atoms. The van der Waals surface area contributed by atoms with Crippen LogP contribution in [-0.2, 0) is 6.54 Å². The second-order valence-electron chi connectivity index (χ2n) is 7.55. The Labute approximate surface area is 140 Å². The lowest BCUT2D eigenvalue weighted by atomic mass is 9.92. The minimum Gasteiger partial charge on any atom is -0.459 e. The summed E-state index contributed by atoms with van der Waals surface area (Å²) in [5.41, 5.74) is 0.930. The summed E-state index contributed by atoms with van der Waals surface area (Å²) in [4.78, 5) is 16.9. The summed E-state index contributed by atoms with van der Waals surface area (Å²) < 4.78 is 5.40. The number of piperidine rings is 1. The quantitative estimate of drug-likeness (QED) is 0.874. The Hall–Kier alpha value is -1.33. The Morgan fingerprint density at radius 1 is 1.39 bits per heavy atom. The van der Waals surface area contributed by atoms with Crippen LogP contribution in [0.25, 0.3) is 0 Å². The maximum atomic E-state index is 12.4. The summed E-state index contributed by atoms with van der Waals surface area (Å²) in [5, 5.41) is 3.08. The van der Waals surface area contributed by atoms with Crippen molar-refractivity contribution in [1.29, 1.82) is 0 Å². The molecule has 0 aromatic carbocycles. The lowest BCUT2D eigenvalue weighted by Gasteiger charge is -2.36. The molecule has 5 heteroatoms. The zero-order valence-electron chi connectivity index (χ0n) is 15.1. The molecule has 1 amide bonds. The summed E-state index contributed by atoms with van der Waals surface area (Å²) in [6, 6.07) is 1.98. The van der Waals surface area contributed by atoms with Gasteiger partial charge in [0.2, 0.25) is 0 Å². The van der Waals surface area contributed by atoms with Crippen LogP contribution in [0.1, 0.15) is 43.3 Å². The zero-order valence-corrected chi connectivity index (χ0v) is 15.1. The molecule has 0 saturated carbocycles. The van der Waals surface area contributed by atoms with Crippen LogP contribution in [0.3, 0.4) is 0 Å². The van der Waals surface area contributed by atoms with E-state index in [0.29, 0.717) is 12.3 Å². The zero-order chi connectivity index (χ0) is 17.0. The molecule has 1 aromatic heterocycles. The highest BCUT2D eigenvalue weighted by Gasteiger charge is 2.24. The minimum atomic E-state index is -0.113. The van der Waals surface area contributed by atoms with Gasteiger partial charge >= 0.3 is 0 Å². The van der Waals surface area contributed by atoms with Crippen molar-refractivity contribution in [3.8, 4) is 0 Å². The molecule has 1 aromatic rings. The molecular weight excluding hydrogens is 290 g/mol. The third-order valence-electron chi connectivity index (χ3n) is 4.29. The maximum absolute atomic E-state index is 12.4. The molecule has 1 aliphatic heterocycles. The maximum Gasteiger partial charge on any atom is 0.287 e. The Morgan fingerprint density at radius 2 is 2.04 bits per heavy atom. The molecule has 0 spiro atoms. The molecule has 3 atom stereocenters. The van der Waals surface area contributed by atoms with E-state index in [2.05, 4.69) is 31.0 Å². The number of hydrogen-bond donors (Lipinski definition) is 1. The number of likely N-dealkylation sites (tertiary alicyclic amines) is 1. The number of nitrogens with one attached hydrogen (secondary N) is 1. The summed E-state index contributed by atoms with van der Waals surface area (Å²) in [7, 11) is 3.96. The molecule has 1 saturated heterocycles. The molecule has 0 aliphatic carbocycles. The van der Waals surface area contributed by atoms with Crippen LogP contribution in [0.2, 0.25) is 0 Å². The van der Waals surface area contributed by atoms with Crippen LogP contribution < -0.4 is 5.32 Å². The van der Waals surface area contributed by atoms with Crippen LogP contribution in [-0.4, -0.2) is 55.5 Å². The average molecular weight is 321 g/mol. The van der Waals surface area contributed by atoms with Gasteiger partial charge < -0.3 is 19.5 Å². The van der Waals surface area contributed by atoms with Crippen molar-refractivity contribution >= 4 is 5.91 Å². The normalized spacial score (nSPS) is 23.9. The molecule has 1 N–H and O–H groups in total. The molecule has 0 bridgehead atoms. The summed E-state index contributed by atoms with van der Waals surface area (Å²) in [6.07, 6.45) is 2.89. The number of carbonyl (C=O) groups is 1. The first-order valence-electron chi connectivity index (χ1n) is 8.59. The van der Waals surface area contributed by atoms with Crippen molar-refractivity contribution in [3.63, 3.8) is 0 Å². The van der Waals surface area contributed by atoms with Gasteiger partial charge in [-0.05, 0) is 45.3 Å². The van der Waals surface area contributed by atoms with E-state index in [1.165, 1.54) is 6.42 Å². The van der Waals surface area contributed by atoms with E-state index >= 15 is 0 Å². The molecular formula is C18H31N3O2. The van der Waals surface area contributed by atoms with Gasteiger partial charge in [0, 0.05) is 37.8 Å². The Kier molecular flexibility index (Phi) is 6.25. The van der Waals surface area contributed by atoms with Gasteiger partial charge in [0.25, 0.3) is 5.91 Å². The van der Waals surface area contributed by atoms with Crippen LogP contribution >= 0.6 is 0 Å². The fourth-order valence-corrected chi connectivity index (χ4v) is 3.66. The summed E-state index contributed by atoms with van der Waals surface area (Å²) in [6.45, 7) is 10.5. The van der Waals surface area contributed by atoms with Gasteiger partial charge in [0.05, 0.1) is 6.26 Å². The first-order chi connectivity index (χ1) is 10.8. The van der Waals surface area contributed by atoms with Gasteiger partial charge in [0.1, 0.15) is 0 Å². The number of hydrogen-bond acceptors (Lipinski definition) is 4. The molecule has 3 unspecified atom stereocenters. The monoisotopic (exact) mass is 321 g/mol. The smallest absolute Gasteiger partial charge is 0.287 e. The van der Waals surface area contributed by atoms with Crippen LogP contribution in [0.4, 0.5) is 0 Å². The van der Waals surface area contributed by atoms with Gasteiger partial charge in [-0.2, -0.15) is 0 Å². The Morgan fingerprint density at radius 3 is 2.65 bits per heavy atom. The lowest BCUT2D eigenvalue weighted by Crippen LogP contribution is -2.47. The van der Waals surface area contributed by atoms with Crippen molar-refractivity contribution < 1.29 is 9.21 Å². The van der Waals surface area contributed by atoms with Crippen LogP contribution in [0, 0.1) is 11.8 Å². The van der Waals surface area contributed by atoms with E-state index < -0.39 is 0 Å². The van der Waals surface area contributed by atoms with Gasteiger partial charge in [-0.25, -0.2) is 0 Å². The average Bonchev–Trinajstić information content (AvgIpc) is 2.84. The number of carbonyl (C=O) groups excluding carboxylic acids is 1. The summed E-state index contributed by atoms with van der Waals surface area (Å²) in [5.74, 6) is 1.79. The van der Waals surface area contributed by atoms with Crippen LogP contribution in [0.15, 0.2) is 16.7 Å². The molecule has 2 heterocycles. The third kappa shape index (κ3) is 5.36. The predicted octanol–water partition coefficient (Wildman–Crippen LogP) is 2.44. The van der Waals surface area contributed by atoms with Gasteiger partial charge in [-0.15, -0.1) is 0 Å². The van der Waals surface area contributed by atoms with E-state index in [1.54, 1.807) is 6.26 Å². The van der Waals surface area contributed by atoms with Crippen molar-refractivity contribution in [2.75, 3.05) is 33.7 Å². The third-order valence-corrected chi connectivity index (χ3v) is 4.29. The highest BCUT2D eigenvalue weighted by Crippen LogP contribution is 2.21. The highest BCUT2D eigenvalue weighted by molar-refractivity contribution is 5.93. The highest BCUT2D eigenvalue weighted by atomic mass is 16.3. The number of furan rings is 1. The van der Waals surface area contributed by atoms with Crippen LogP contribution in [0.5, 0.6) is 0 Å². The standard InChI is InChI=1S/C18H31N3O2/c1-13-8-14(2)10-21(9-13)11-15(3)19-18(22)17-16(6-7-23-17)12-20(4)5/h6-7,13-15H,8-12H2,1-5H3,(H,19,22). The fraction of sp³-hybridized carbons (Fsp3) is 0.722. The second kappa shape index (κ2) is 7.97. The number of rotatable bonds is 6. The Bertz CT molecular complexity index is 502. The SMILES string of the molecule is CC1CC(C)CN(CC(C)NC(=O)c2occc2CN(C)C)C1. The second-order valence-corrected chi connectivity index (χ2v) is 7.55. The topological polar surface area (TPSA) is 48.7 Å². The largest absolute Gasteiger partial charge is 0.459 e. The predicted molar refractivity (Wildman–Crippen MR) is 92.4 cm³/mol. The molecule has 130 valence electrons. The minimum absolute atomic E-state index is 0.109. The van der Waals surface area contributed by atoms with Crippen molar-refractivity contribution in [3.05, 3.63) is 23.7 Å². The molecule has 5 nitrogen and oxygen atoms in total. The summed E-state index contributed by atoms with van der Waals surface area (Å²) >= 11 is 0.